The van der Waals surface area contributed by atoms with E-state index in [-0.39, 0.29) is 5.92 Å². The molecule has 0 saturated carbocycles. The molecule has 1 aliphatic rings. The van der Waals surface area contributed by atoms with Crippen molar-refractivity contribution in [3.8, 4) is 0 Å². The molecule has 0 spiro atoms. The van der Waals surface area contributed by atoms with Gasteiger partial charge in [0.25, 0.3) is 0 Å². The van der Waals surface area contributed by atoms with Crippen molar-refractivity contribution in [1.82, 2.24) is 0 Å². The molecule has 2 heteroatoms. The van der Waals surface area contributed by atoms with Gasteiger partial charge in [-0.3, -0.25) is 4.79 Å². The number of hydrogen-bond acceptors (Lipinski definition) is 2. The molecule has 1 unspecified atom stereocenters. The maximum atomic E-state index is 12.5. The molecule has 0 aromatic heterocycles. The van der Waals surface area contributed by atoms with Gasteiger partial charge in [0, 0.05) is 24.7 Å². The van der Waals surface area contributed by atoms with Gasteiger partial charge in [-0.25, -0.2) is 0 Å². The number of aryl methyl sites for hydroxylation is 1. The molecular weight excluding hydrogens is 236 g/mol. The lowest BCUT2D eigenvalue weighted by atomic mass is 9.93. The van der Waals surface area contributed by atoms with E-state index >= 15 is 0 Å². The minimum atomic E-state index is 0.158. The summed E-state index contributed by atoms with van der Waals surface area (Å²) >= 11 is 0. The third kappa shape index (κ3) is 3.90. The van der Waals surface area contributed by atoms with Crippen molar-refractivity contribution in [2.45, 2.75) is 45.4 Å². The molecule has 0 radical (unpaired) electrons. The highest BCUT2D eigenvalue weighted by molar-refractivity contribution is 5.99. The summed E-state index contributed by atoms with van der Waals surface area (Å²) in [4.78, 5) is 12.5. The topological polar surface area (TPSA) is 26.3 Å². The van der Waals surface area contributed by atoms with Crippen LogP contribution in [0.5, 0.6) is 0 Å². The second kappa shape index (κ2) is 7.44. The first-order valence-corrected chi connectivity index (χ1v) is 7.52. The lowest BCUT2D eigenvalue weighted by Gasteiger charge is -2.13. The van der Waals surface area contributed by atoms with Crippen molar-refractivity contribution in [3.05, 3.63) is 35.4 Å². The van der Waals surface area contributed by atoms with Crippen LogP contribution in [0.3, 0.4) is 0 Å². The first kappa shape index (κ1) is 14.3. The molecule has 0 aliphatic heterocycles. The average Bonchev–Trinajstić information content (AvgIpc) is 2.59. The van der Waals surface area contributed by atoms with Gasteiger partial charge in [0.2, 0.25) is 0 Å². The Morgan fingerprint density at radius 2 is 2.11 bits per heavy atom. The van der Waals surface area contributed by atoms with Crippen molar-refractivity contribution in [3.63, 3.8) is 0 Å². The summed E-state index contributed by atoms with van der Waals surface area (Å²) in [5, 5.41) is 0. The van der Waals surface area contributed by atoms with Crippen LogP contribution in [-0.4, -0.2) is 19.0 Å². The summed E-state index contributed by atoms with van der Waals surface area (Å²) in [6, 6.07) is 8.07. The molecule has 2 rings (SSSR count). The molecule has 104 valence electrons. The SMILES string of the molecule is CCCCOCCC1CCCc2ccccc2C1=O. The number of hydrogen-bond donors (Lipinski definition) is 0. The van der Waals surface area contributed by atoms with Crippen molar-refractivity contribution in [2.24, 2.45) is 5.92 Å². The highest BCUT2D eigenvalue weighted by atomic mass is 16.5. The molecule has 0 fully saturated rings. The third-order valence-electron chi connectivity index (χ3n) is 3.91. The number of rotatable bonds is 6. The number of benzene rings is 1. The van der Waals surface area contributed by atoms with Gasteiger partial charge in [-0.1, -0.05) is 37.6 Å². The minimum Gasteiger partial charge on any atom is -0.381 e. The highest BCUT2D eigenvalue weighted by Gasteiger charge is 2.24. The molecule has 0 N–H and O–H groups in total. The summed E-state index contributed by atoms with van der Waals surface area (Å²) < 4.78 is 5.60. The van der Waals surface area contributed by atoms with E-state index in [9.17, 15) is 4.79 Å². The van der Waals surface area contributed by atoms with E-state index < -0.39 is 0 Å². The Hall–Kier alpha value is -1.15. The Morgan fingerprint density at radius 3 is 2.95 bits per heavy atom. The highest BCUT2D eigenvalue weighted by Crippen LogP contribution is 2.26. The quantitative estimate of drug-likeness (QED) is 0.570. The van der Waals surface area contributed by atoms with Crippen molar-refractivity contribution in [2.75, 3.05) is 13.2 Å². The summed E-state index contributed by atoms with van der Waals surface area (Å²) in [6.07, 6.45) is 6.30. The fraction of sp³-hybridized carbons (Fsp3) is 0.588. The molecule has 0 saturated heterocycles. The molecular formula is C17H24O2. The number of carbonyl (C=O) groups is 1. The smallest absolute Gasteiger partial charge is 0.166 e. The Morgan fingerprint density at radius 1 is 1.26 bits per heavy atom. The maximum absolute atomic E-state index is 12.5. The molecule has 1 aromatic carbocycles. The second-order valence-electron chi connectivity index (χ2n) is 5.37. The van der Waals surface area contributed by atoms with E-state index in [0.29, 0.717) is 5.78 Å². The van der Waals surface area contributed by atoms with Crippen molar-refractivity contribution < 1.29 is 9.53 Å². The summed E-state index contributed by atoms with van der Waals surface area (Å²) in [5.74, 6) is 0.484. The van der Waals surface area contributed by atoms with Gasteiger partial charge in [0.15, 0.2) is 5.78 Å². The molecule has 1 aliphatic carbocycles. The lowest BCUT2D eigenvalue weighted by molar-refractivity contribution is 0.0825. The summed E-state index contributed by atoms with van der Waals surface area (Å²) in [5.41, 5.74) is 2.17. The zero-order valence-electron chi connectivity index (χ0n) is 11.9. The first-order valence-electron chi connectivity index (χ1n) is 7.52. The van der Waals surface area contributed by atoms with E-state index in [2.05, 4.69) is 13.0 Å². The van der Waals surface area contributed by atoms with Crippen LogP contribution in [0.15, 0.2) is 24.3 Å². The number of fused-ring (bicyclic) bond motifs is 1. The maximum Gasteiger partial charge on any atom is 0.166 e. The molecule has 0 bridgehead atoms. The van der Waals surface area contributed by atoms with E-state index in [1.54, 1.807) is 0 Å². The Labute approximate surface area is 116 Å². The van der Waals surface area contributed by atoms with Gasteiger partial charge in [0.05, 0.1) is 0 Å². The van der Waals surface area contributed by atoms with Crippen LogP contribution in [0.4, 0.5) is 0 Å². The molecule has 1 atom stereocenters. The fourth-order valence-corrected chi connectivity index (χ4v) is 2.72. The van der Waals surface area contributed by atoms with Gasteiger partial charge in [-0.15, -0.1) is 0 Å². The van der Waals surface area contributed by atoms with Crippen LogP contribution in [0, 0.1) is 5.92 Å². The van der Waals surface area contributed by atoms with Crippen LogP contribution in [0.1, 0.15) is 54.9 Å². The van der Waals surface area contributed by atoms with E-state index in [0.717, 1.165) is 57.3 Å². The predicted molar refractivity (Wildman–Crippen MR) is 77.5 cm³/mol. The predicted octanol–water partition coefficient (Wildman–Crippen LogP) is 4.03. The fourth-order valence-electron chi connectivity index (χ4n) is 2.72. The van der Waals surface area contributed by atoms with Gasteiger partial charge in [-0.2, -0.15) is 0 Å². The molecule has 1 aromatic rings. The summed E-state index contributed by atoms with van der Waals surface area (Å²) in [6.45, 7) is 3.71. The monoisotopic (exact) mass is 260 g/mol. The zero-order chi connectivity index (χ0) is 13.5. The average molecular weight is 260 g/mol. The third-order valence-corrected chi connectivity index (χ3v) is 3.91. The molecule has 0 amide bonds. The van der Waals surface area contributed by atoms with Crippen LogP contribution in [0.2, 0.25) is 0 Å². The minimum absolute atomic E-state index is 0.158. The normalized spacial score (nSPS) is 19.0. The number of ether oxygens (including phenoxy) is 1. The standard InChI is InChI=1S/C17H24O2/c1-2-3-12-19-13-11-15-9-6-8-14-7-4-5-10-16(14)17(15)18/h4-5,7,10,15H,2-3,6,8-9,11-13H2,1H3. The lowest BCUT2D eigenvalue weighted by Crippen LogP contribution is -2.16. The first-order chi connectivity index (χ1) is 9.33. The summed E-state index contributed by atoms with van der Waals surface area (Å²) in [7, 11) is 0. The van der Waals surface area contributed by atoms with Crippen molar-refractivity contribution in [1.29, 1.82) is 0 Å². The Bertz CT molecular complexity index is 411. The second-order valence-corrected chi connectivity index (χ2v) is 5.37. The molecule has 0 heterocycles. The number of unbranched alkanes of at least 4 members (excludes halogenated alkanes) is 1. The van der Waals surface area contributed by atoms with Crippen molar-refractivity contribution >= 4 is 5.78 Å². The zero-order valence-corrected chi connectivity index (χ0v) is 11.9. The Kier molecular flexibility index (Phi) is 5.59. The molecule has 2 nitrogen and oxygen atoms in total. The van der Waals surface area contributed by atoms with Crippen LogP contribution in [0.25, 0.3) is 0 Å². The van der Waals surface area contributed by atoms with Gasteiger partial charge < -0.3 is 4.74 Å². The Balaban J connectivity index is 1.90. The number of carbonyl (C=O) groups excluding carboxylic acids is 1. The van der Waals surface area contributed by atoms with Crippen LogP contribution < -0.4 is 0 Å². The van der Waals surface area contributed by atoms with E-state index in [1.165, 1.54) is 5.56 Å². The van der Waals surface area contributed by atoms with Crippen LogP contribution in [-0.2, 0) is 11.2 Å². The van der Waals surface area contributed by atoms with E-state index in [4.69, 9.17) is 4.74 Å². The largest absolute Gasteiger partial charge is 0.381 e. The van der Waals surface area contributed by atoms with Crippen LogP contribution >= 0.6 is 0 Å². The number of ketones is 1. The van der Waals surface area contributed by atoms with Gasteiger partial charge in [0.1, 0.15) is 0 Å². The van der Waals surface area contributed by atoms with E-state index in [1.807, 2.05) is 18.2 Å². The molecule has 19 heavy (non-hydrogen) atoms. The van der Waals surface area contributed by atoms with Gasteiger partial charge >= 0.3 is 0 Å². The van der Waals surface area contributed by atoms with Gasteiger partial charge in [-0.05, 0) is 37.7 Å². The number of Topliss-reactive ketones (excluding diaryl/α,β-unsaturated/α-hetero) is 1.